The summed E-state index contributed by atoms with van der Waals surface area (Å²) in [5.41, 5.74) is 10.4. The first-order valence-electron chi connectivity index (χ1n) is 7.67. The van der Waals surface area contributed by atoms with Gasteiger partial charge in [-0.2, -0.15) is 0 Å². The van der Waals surface area contributed by atoms with Gasteiger partial charge in [0.05, 0.1) is 11.9 Å². The molecule has 0 unspecified atom stereocenters. The van der Waals surface area contributed by atoms with Crippen LogP contribution >= 0.6 is 0 Å². The SMILES string of the molecule is Nc1ncc(-c2ccc3c(c2)NCC3)nc1C(=O)c1cccnc1. The van der Waals surface area contributed by atoms with Crippen molar-refractivity contribution in [3.63, 3.8) is 0 Å². The number of ketones is 1. The van der Waals surface area contributed by atoms with Crippen molar-refractivity contribution in [1.82, 2.24) is 15.0 Å². The zero-order valence-electron chi connectivity index (χ0n) is 12.9. The number of carbonyl (C=O) groups is 1. The summed E-state index contributed by atoms with van der Waals surface area (Å²) in [6.07, 6.45) is 5.72. The van der Waals surface area contributed by atoms with Crippen LogP contribution < -0.4 is 11.1 Å². The maximum atomic E-state index is 12.6. The Balaban J connectivity index is 1.75. The fourth-order valence-corrected chi connectivity index (χ4v) is 2.79. The summed E-state index contributed by atoms with van der Waals surface area (Å²) in [5, 5.41) is 3.34. The Kier molecular flexibility index (Phi) is 3.42. The lowest BCUT2D eigenvalue weighted by Crippen LogP contribution is -2.10. The van der Waals surface area contributed by atoms with Crippen LogP contribution in [0.1, 0.15) is 21.6 Å². The van der Waals surface area contributed by atoms with Crippen molar-refractivity contribution in [3.8, 4) is 11.3 Å². The molecule has 118 valence electrons. The molecule has 3 heterocycles. The van der Waals surface area contributed by atoms with E-state index in [2.05, 4.69) is 26.3 Å². The second-order valence-electron chi connectivity index (χ2n) is 5.61. The maximum Gasteiger partial charge on any atom is 0.216 e. The number of hydrogen-bond donors (Lipinski definition) is 2. The lowest BCUT2D eigenvalue weighted by molar-refractivity contribution is 0.103. The average Bonchev–Trinajstić information content (AvgIpc) is 3.10. The minimum atomic E-state index is -0.283. The lowest BCUT2D eigenvalue weighted by Gasteiger charge is -2.08. The standard InChI is InChI=1S/C18H15N5O/c19-18-16(17(24)13-2-1-6-20-9-13)23-15(10-22-18)12-4-3-11-5-7-21-14(11)8-12/h1-4,6,8-10,21H,5,7H2,(H2,19,22). The molecule has 6 nitrogen and oxygen atoms in total. The molecule has 3 aromatic rings. The largest absolute Gasteiger partial charge is 0.384 e. The van der Waals surface area contributed by atoms with Crippen LogP contribution in [0.2, 0.25) is 0 Å². The van der Waals surface area contributed by atoms with E-state index in [0.29, 0.717) is 11.3 Å². The van der Waals surface area contributed by atoms with E-state index < -0.39 is 0 Å². The minimum Gasteiger partial charge on any atom is -0.384 e. The van der Waals surface area contributed by atoms with E-state index in [1.807, 2.05) is 12.1 Å². The van der Waals surface area contributed by atoms with Crippen LogP contribution in [0.5, 0.6) is 0 Å². The molecule has 24 heavy (non-hydrogen) atoms. The molecule has 0 amide bonds. The number of nitrogens with two attached hydrogens (primary N) is 1. The molecule has 0 bridgehead atoms. The molecule has 4 rings (SSSR count). The van der Waals surface area contributed by atoms with Crippen LogP contribution in [-0.2, 0) is 6.42 Å². The van der Waals surface area contributed by atoms with E-state index in [1.165, 1.54) is 11.8 Å². The van der Waals surface area contributed by atoms with Gasteiger partial charge in [0.15, 0.2) is 11.5 Å². The summed E-state index contributed by atoms with van der Waals surface area (Å²) < 4.78 is 0. The fraction of sp³-hybridized carbons (Fsp3) is 0.111. The van der Waals surface area contributed by atoms with Gasteiger partial charge >= 0.3 is 0 Å². The maximum absolute atomic E-state index is 12.6. The second kappa shape index (κ2) is 5.73. The molecule has 0 atom stereocenters. The number of rotatable bonds is 3. The van der Waals surface area contributed by atoms with Gasteiger partial charge in [-0.25, -0.2) is 9.97 Å². The summed E-state index contributed by atoms with van der Waals surface area (Å²) in [6.45, 7) is 0.941. The molecule has 1 aromatic carbocycles. The summed E-state index contributed by atoms with van der Waals surface area (Å²) in [7, 11) is 0. The monoisotopic (exact) mass is 317 g/mol. The molecular weight excluding hydrogens is 302 g/mol. The molecule has 0 aliphatic carbocycles. The van der Waals surface area contributed by atoms with E-state index >= 15 is 0 Å². The molecule has 0 saturated heterocycles. The van der Waals surface area contributed by atoms with Crippen molar-refractivity contribution in [1.29, 1.82) is 0 Å². The minimum absolute atomic E-state index is 0.117. The summed E-state index contributed by atoms with van der Waals surface area (Å²) in [6, 6.07) is 9.48. The van der Waals surface area contributed by atoms with Crippen LogP contribution in [0.25, 0.3) is 11.3 Å². The van der Waals surface area contributed by atoms with Crippen molar-refractivity contribution in [2.75, 3.05) is 17.6 Å². The Hall–Kier alpha value is -3.28. The highest BCUT2D eigenvalue weighted by atomic mass is 16.1. The van der Waals surface area contributed by atoms with Gasteiger partial charge in [-0.3, -0.25) is 9.78 Å². The third kappa shape index (κ3) is 2.48. The Morgan fingerprint density at radius 3 is 2.96 bits per heavy atom. The summed E-state index contributed by atoms with van der Waals surface area (Å²) in [5.74, 6) is -0.166. The van der Waals surface area contributed by atoms with E-state index in [4.69, 9.17) is 5.73 Å². The topological polar surface area (TPSA) is 93.8 Å². The Morgan fingerprint density at radius 1 is 1.21 bits per heavy atom. The number of carbonyl (C=O) groups excluding carboxylic acids is 1. The number of aromatic nitrogens is 3. The van der Waals surface area contributed by atoms with Gasteiger partial charge in [-0.15, -0.1) is 0 Å². The number of pyridine rings is 1. The van der Waals surface area contributed by atoms with Gasteiger partial charge in [-0.1, -0.05) is 12.1 Å². The number of hydrogen-bond acceptors (Lipinski definition) is 6. The van der Waals surface area contributed by atoms with Crippen molar-refractivity contribution in [2.24, 2.45) is 0 Å². The number of fused-ring (bicyclic) bond motifs is 1. The predicted molar refractivity (Wildman–Crippen MR) is 91.7 cm³/mol. The fourth-order valence-electron chi connectivity index (χ4n) is 2.79. The van der Waals surface area contributed by atoms with Crippen LogP contribution in [0.15, 0.2) is 48.9 Å². The first-order chi connectivity index (χ1) is 11.7. The highest BCUT2D eigenvalue weighted by Crippen LogP contribution is 2.28. The highest BCUT2D eigenvalue weighted by Gasteiger charge is 2.18. The first kappa shape index (κ1) is 14.3. The molecule has 0 spiro atoms. The smallest absolute Gasteiger partial charge is 0.216 e. The molecule has 1 aliphatic rings. The number of anilines is 2. The number of benzene rings is 1. The molecule has 6 heteroatoms. The van der Waals surface area contributed by atoms with E-state index in [-0.39, 0.29) is 17.3 Å². The molecule has 2 aromatic heterocycles. The third-order valence-electron chi connectivity index (χ3n) is 4.06. The van der Waals surface area contributed by atoms with Gasteiger partial charge in [-0.05, 0) is 30.2 Å². The molecule has 0 saturated carbocycles. The van der Waals surface area contributed by atoms with Gasteiger partial charge in [0.2, 0.25) is 5.78 Å². The van der Waals surface area contributed by atoms with E-state index in [0.717, 1.165) is 24.2 Å². The lowest BCUT2D eigenvalue weighted by atomic mass is 10.1. The van der Waals surface area contributed by atoms with Gasteiger partial charge < -0.3 is 11.1 Å². The van der Waals surface area contributed by atoms with Crippen LogP contribution in [0.3, 0.4) is 0 Å². The van der Waals surface area contributed by atoms with Crippen LogP contribution in [0, 0.1) is 0 Å². The average molecular weight is 317 g/mol. The Morgan fingerprint density at radius 2 is 2.12 bits per heavy atom. The quantitative estimate of drug-likeness (QED) is 0.720. The molecule has 0 radical (unpaired) electrons. The number of nitrogen functional groups attached to an aromatic ring is 1. The zero-order valence-corrected chi connectivity index (χ0v) is 12.9. The van der Waals surface area contributed by atoms with Crippen LogP contribution in [-0.4, -0.2) is 27.3 Å². The number of nitrogens with zero attached hydrogens (tertiary/aromatic N) is 3. The molecular formula is C18H15N5O. The molecule has 3 N–H and O–H groups in total. The normalized spacial score (nSPS) is 12.5. The molecule has 1 aliphatic heterocycles. The van der Waals surface area contributed by atoms with E-state index in [1.54, 1.807) is 24.5 Å². The summed E-state index contributed by atoms with van der Waals surface area (Å²) in [4.78, 5) is 25.2. The first-order valence-corrected chi connectivity index (χ1v) is 7.67. The van der Waals surface area contributed by atoms with E-state index in [9.17, 15) is 4.79 Å². The van der Waals surface area contributed by atoms with Crippen LogP contribution in [0.4, 0.5) is 11.5 Å². The Bertz CT molecular complexity index is 924. The van der Waals surface area contributed by atoms with Crippen molar-refractivity contribution < 1.29 is 4.79 Å². The second-order valence-corrected chi connectivity index (χ2v) is 5.61. The van der Waals surface area contributed by atoms with Crippen molar-refractivity contribution >= 4 is 17.3 Å². The van der Waals surface area contributed by atoms with Crippen molar-refractivity contribution in [2.45, 2.75) is 6.42 Å². The zero-order chi connectivity index (χ0) is 16.5. The van der Waals surface area contributed by atoms with Gasteiger partial charge in [0.1, 0.15) is 0 Å². The highest BCUT2D eigenvalue weighted by molar-refractivity contribution is 6.10. The third-order valence-corrected chi connectivity index (χ3v) is 4.06. The Labute approximate surface area is 138 Å². The summed E-state index contributed by atoms with van der Waals surface area (Å²) >= 11 is 0. The van der Waals surface area contributed by atoms with Gasteiger partial charge in [0, 0.05) is 35.8 Å². The number of nitrogens with one attached hydrogen (secondary N) is 1. The predicted octanol–water partition coefficient (Wildman–Crippen LogP) is 2.32. The van der Waals surface area contributed by atoms with Gasteiger partial charge in [0.25, 0.3) is 0 Å². The molecule has 0 fully saturated rings. The van der Waals surface area contributed by atoms with Crippen molar-refractivity contribution in [3.05, 3.63) is 65.7 Å².